The molecule has 4 heterocycles. The lowest BCUT2D eigenvalue weighted by Crippen LogP contribution is -2.35. The molecule has 6 N–H and O–H groups in total. The number of nitrogens with zero attached hydrogens (tertiary/aromatic N) is 8. The van der Waals surface area contributed by atoms with E-state index in [1.165, 1.54) is 33.8 Å². The van der Waals surface area contributed by atoms with Crippen LogP contribution in [-0.4, -0.2) is 110 Å². The number of imidazole rings is 2. The highest BCUT2D eigenvalue weighted by atomic mass is 31.2. The molecule has 0 aliphatic heterocycles. The fraction of sp³-hybridized carbons (Fsp3) is 0.415. The van der Waals surface area contributed by atoms with Crippen molar-refractivity contribution in [2.75, 3.05) is 64.7 Å². The van der Waals surface area contributed by atoms with E-state index in [0.717, 1.165) is 5.56 Å². The minimum atomic E-state index is -3.97. The molecule has 360 valence electrons. The fourth-order valence-corrected chi connectivity index (χ4v) is 9.49. The number of nitrogens with two attached hydrogens (primary N) is 2. The van der Waals surface area contributed by atoms with Crippen LogP contribution in [0.2, 0.25) is 0 Å². The van der Waals surface area contributed by atoms with Crippen LogP contribution in [0.1, 0.15) is 43.6 Å². The Morgan fingerprint density at radius 3 is 2.03 bits per heavy atom. The number of hydrogen-bond acceptors (Lipinski definition) is 20. The fourth-order valence-electron chi connectivity index (χ4n) is 6.49. The van der Waals surface area contributed by atoms with E-state index in [-0.39, 0.29) is 69.8 Å². The second kappa shape index (κ2) is 23.6. The van der Waals surface area contributed by atoms with Crippen LogP contribution < -0.4 is 31.1 Å². The topological polar surface area (TPSA) is 305 Å². The second-order valence-electron chi connectivity index (χ2n) is 14.6. The summed E-state index contributed by atoms with van der Waals surface area (Å²) in [6.07, 6.45) is 1.20. The monoisotopic (exact) mass is 968 g/mol. The third kappa shape index (κ3) is 13.7. The lowest BCUT2D eigenvalue weighted by Gasteiger charge is -2.26. The lowest BCUT2D eigenvalue weighted by atomic mass is 10.1. The highest BCUT2D eigenvalue weighted by Crippen LogP contribution is 2.46. The van der Waals surface area contributed by atoms with Gasteiger partial charge in [-0.3, -0.25) is 18.7 Å². The molecule has 6 aromatic rings. The molecular weight excluding hydrogens is 914 g/mol. The predicted molar refractivity (Wildman–Crippen MR) is 244 cm³/mol. The lowest BCUT2D eigenvalue weighted by molar-refractivity contribution is -0.144. The van der Waals surface area contributed by atoms with Gasteiger partial charge >= 0.3 is 11.9 Å². The van der Waals surface area contributed by atoms with Crippen molar-refractivity contribution in [2.45, 2.75) is 59.2 Å². The molecule has 0 aliphatic carbocycles. The quantitative estimate of drug-likeness (QED) is 0.0317. The Kier molecular flexibility index (Phi) is 17.7. The number of benzene rings is 2. The Morgan fingerprint density at radius 1 is 0.761 bits per heavy atom. The Hall–Kier alpha value is -6.10. The maximum absolute atomic E-state index is 14.6. The van der Waals surface area contributed by atoms with Gasteiger partial charge in [0.15, 0.2) is 22.3 Å². The third-order valence-electron chi connectivity index (χ3n) is 9.68. The molecular formula is C41H54N12O12P2. The van der Waals surface area contributed by atoms with Crippen molar-refractivity contribution in [1.82, 2.24) is 49.2 Å². The van der Waals surface area contributed by atoms with E-state index >= 15 is 0 Å². The first-order valence-corrected chi connectivity index (χ1v) is 24.6. The van der Waals surface area contributed by atoms with E-state index in [1.54, 1.807) is 47.2 Å². The van der Waals surface area contributed by atoms with Crippen LogP contribution in [0.4, 0.5) is 11.9 Å². The molecule has 24 nitrogen and oxygen atoms in total. The normalized spacial score (nSPS) is 14.3. The van der Waals surface area contributed by atoms with Crippen LogP contribution >= 0.6 is 15.0 Å². The number of nitrogen functional groups attached to an aromatic ring is 2. The van der Waals surface area contributed by atoms with E-state index in [9.17, 15) is 18.7 Å². The maximum atomic E-state index is 14.6. The van der Waals surface area contributed by atoms with Gasteiger partial charge in [-0.05, 0) is 37.5 Å². The molecule has 0 saturated heterocycles. The van der Waals surface area contributed by atoms with E-state index in [4.69, 9.17) is 48.9 Å². The number of hydrogen-bond donors (Lipinski definition) is 4. The number of carbonyl (C=O) groups excluding carboxylic acids is 2. The molecule has 0 aliphatic rings. The maximum Gasteiger partial charge on any atom is 0.323 e. The van der Waals surface area contributed by atoms with Crippen molar-refractivity contribution in [3.8, 4) is 11.8 Å². The van der Waals surface area contributed by atoms with Gasteiger partial charge in [-0.15, -0.1) is 0 Å². The summed E-state index contributed by atoms with van der Waals surface area (Å²) in [4.78, 5) is 50.6. The number of anilines is 2. The highest BCUT2D eigenvalue weighted by molar-refractivity contribution is 7.57. The number of ether oxygens (including phenoxy) is 6. The minimum Gasteiger partial charge on any atom is -0.479 e. The van der Waals surface area contributed by atoms with Crippen LogP contribution in [0.3, 0.4) is 0 Å². The SMILES string of the molecule is CCOC(=O)CN[P@@](=O)(COCCn1cnc2c(OC)nc(N)nc21)OCc1cccc(C(Cn2cnc3c(OC)nc(N)nc32)OC[P@](=O)(NC(C)C(=O)OCC)OCc2ccccc2)c1. The summed E-state index contributed by atoms with van der Waals surface area (Å²) in [6.45, 7) is 4.70. The molecule has 67 heavy (non-hydrogen) atoms. The first kappa shape index (κ1) is 50.3. The number of methoxy groups -OCH3 is 2. The number of carbonyl (C=O) groups is 2. The van der Waals surface area contributed by atoms with Crippen molar-refractivity contribution in [3.63, 3.8) is 0 Å². The summed E-state index contributed by atoms with van der Waals surface area (Å²) >= 11 is 0. The van der Waals surface area contributed by atoms with Crippen molar-refractivity contribution >= 4 is 61.2 Å². The molecule has 0 radical (unpaired) electrons. The first-order valence-electron chi connectivity index (χ1n) is 20.9. The van der Waals surface area contributed by atoms with E-state index < -0.39 is 58.4 Å². The number of esters is 2. The van der Waals surface area contributed by atoms with Crippen LogP contribution in [0.5, 0.6) is 11.8 Å². The van der Waals surface area contributed by atoms with Gasteiger partial charge in [0.2, 0.25) is 23.7 Å². The van der Waals surface area contributed by atoms with E-state index in [0.29, 0.717) is 33.5 Å². The van der Waals surface area contributed by atoms with Crippen molar-refractivity contribution in [1.29, 1.82) is 0 Å². The van der Waals surface area contributed by atoms with Gasteiger partial charge in [-0.2, -0.15) is 19.9 Å². The zero-order chi connectivity index (χ0) is 48.0. The smallest absolute Gasteiger partial charge is 0.323 e. The Morgan fingerprint density at radius 2 is 1.37 bits per heavy atom. The minimum absolute atomic E-state index is 0.00352. The molecule has 0 spiro atoms. The molecule has 0 fully saturated rings. The molecule has 0 bridgehead atoms. The Labute approximate surface area is 385 Å². The van der Waals surface area contributed by atoms with Crippen LogP contribution in [-0.2, 0) is 73.0 Å². The molecule has 6 rings (SSSR count). The zero-order valence-corrected chi connectivity index (χ0v) is 39.4. The average Bonchev–Trinajstić information content (AvgIpc) is 3.93. The van der Waals surface area contributed by atoms with Gasteiger partial charge in [0.05, 0.1) is 66.5 Å². The van der Waals surface area contributed by atoms with Gasteiger partial charge in [0.1, 0.15) is 31.4 Å². The number of rotatable bonds is 27. The molecule has 4 aromatic heterocycles. The molecule has 0 saturated carbocycles. The number of fused-ring (bicyclic) bond motifs is 2. The summed E-state index contributed by atoms with van der Waals surface area (Å²) in [5.41, 5.74) is 15.2. The van der Waals surface area contributed by atoms with Crippen LogP contribution in [0, 0.1) is 0 Å². The first-order chi connectivity index (χ1) is 32.3. The van der Waals surface area contributed by atoms with Gasteiger partial charge in [0, 0.05) is 6.54 Å². The van der Waals surface area contributed by atoms with Crippen molar-refractivity contribution < 1.29 is 56.2 Å². The summed E-state index contributed by atoms with van der Waals surface area (Å²) in [5.74, 6) is -0.951. The predicted octanol–water partition coefficient (Wildman–Crippen LogP) is 4.35. The van der Waals surface area contributed by atoms with Gasteiger partial charge in [0.25, 0.3) is 15.0 Å². The molecule has 2 unspecified atom stereocenters. The van der Waals surface area contributed by atoms with E-state index in [2.05, 4.69) is 40.1 Å². The number of aromatic nitrogens is 8. The molecule has 2 aromatic carbocycles. The Balaban J connectivity index is 1.24. The summed E-state index contributed by atoms with van der Waals surface area (Å²) in [7, 11) is -5.00. The summed E-state index contributed by atoms with van der Waals surface area (Å²) < 4.78 is 77.5. The number of nitrogens with one attached hydrogen (secondary N) is 2. The molecule has 4 atom stereocenters. The largest absolute Gasteiger partial charge is 0.479 e. The third-order valence-corrected chi connectivity index (χ3v) is 13.2. The van der Waals surface area contributed by atoms with Crippen molar-refractivity contribution in [2.24, 2.45) is 0 Å². The van der Waals surface area contributed by atoms with Gasteiger partial charge in [-0.25, -0.2) is 20.1 Å². The van der Waals surface area contributed by atoms with Crippen LogP contribution in [0.15, 0.2) is 67.3 Å². The average molecular weight is 969 g/mol. The zero-order valence-electron chi connectivity index (χ0n) is 37.6. The van der Waals surface area contributed by atoms with Crippen LogP contribution in [0.25, 0.3) is 22.3 Å². The molecule has 26 heteroatoms. The van der Waals surface area contributed by atoms with Gasteiger partial charge in [-0.1, -0.05) is 54.6 Å². The standard InChI is InChI=1S/C41H54N12O12P2/c1-6-61-32(54)19-46-66(56,25-60-17-16-52-23-44-33-35(52)47-40(42)49-37(33)58-4)64-22-29-14-11-15-30(18-29)31(20-53-24-45-34-36(53)48-41(43)50-38(34)59-5)63-26-67(57,51-27(3)39(55)62-7-2)65-21-28-12-9-8-10-13-28/h8-15,18,23-24,27,31H,6-7,16-17,19-22,25-26H2,1-5H3,(H,46,56)(H,51,57)(H2,42,47,49)(H2,43,48,50)/t27?,31?,66-,67-/m1/s1. The second-order valence-corrected chi connectivity index (χ2v) is 18.9. The van der Waals surface area contributed by atoms with E-state index in [1.807, 2.05) is 30.3 Å². The van der Waals surface area contributed by atoms with Gasteiger partial charge < -0.3 is 58.1 Å². The summed E-state index contributed by atoms with van der Waals surface area (Å²) in [5, 5.41) is 5.52. The summed E-state index contributed by atoms with van der Waals surface area (Å²) in [6, 6.07) is 15.1. The Bertz CT molecular complexity index is 2710. The highest BCUT2D eigenvalue weighted by Gasteiger charge is 2.32. The molecule has 0 amide bonds. The van der Waals surface area contributed by atoms with Crippen molar-refractivity contribution in [3.05, 3.63) is 83.9 Å².